The van der Waals surface area contributed by atoms with E-state index in [1.807, 2.05) is 6.08 Å². The van der Waals surface area contributed by atoms with Crippen molar-refractivity contribution in [1.29, 1.82) is 0 Å². The molecule has 1 unspecified atom stereocenters. The van der Waals surface area contributed by atoms with Gasteiger partial charge in [0, 0.05) is 12.6 Å². The normalized spacial score (nSPS) is 25.7. The smallest absolute Gasteiger partial charge is 0.0163 e. The van der Waals surface area contributed by atoms with Gasteiger partial charge >= 0.3 is 0 Å². The minimum absolute atomic E-state index is 0.859. The van der Waals surface area contributed by atoms with E-state index in [0.717, 1.165) is 12.6 Å². The molecule has 0 radical (unpaired) electrons. The van der Waals surface area contributed by atoms with Crippen LogP contribution in [0.4, 0.5) is 0 Å². The van der Waals surface area contributed by atoms with Crippen molar-refractivity contribution >= 4 is 0 Å². The second-order valence-corrected chi connectivity index (χ2v) is 3.37. The summed E-state index contributed by atoms with van der Waals surface area (Å²) in [6.45, 7) is 8.42. The van der Waals surface area contributed by atoms with E-state index in [0.29, 0.717) is 0 Å². The summed E-state index contributed by atoms with van der Waals surface area (Å²) >= 11 is 0. The van der Waals surface area contributed by atoms with Gasteiger partial charge in [0.1, 0.15) is 0 Å². The van der Waals surface area contributed by atoms with Crippen molar-refractivity contribution in [1.82, 2.24) is 4.90 Å². The Morgan fingerprint density at radius 1 is 1.64 bits per heavy atom. The summed E-state index contributed by atoms with van der Waals surface area (Å²) in [5.41, 5.74) is 0. The van der Waals surface area contributed by atoms with Crippen molar-refractivity contribution < 1.29 is 0 Å². The monoisotopic (exact) mass is 153 g/mol. The van der Waals surface area contributed by atoms with Crippen LogP contribution >= 0.6 is 0 Å². The van der Waals surface area contributed by atoms with E-state index in [1.165, 1.54) is 32.2 Å². The molecule has 1 nitrogen and oxygen atoms in total. The van der Waals surface area contributed by atoms with E-state index in [2.05, 4.69) is 18.4 Å². The van der Waals surface area contributed by atoms with Gasteiger partial charge in [0.25, 0.3) is 0 Å². The Hall–Kier alpha value is -0.300. The largest absolute Gasteiger partial charge is 0.297 e. The quantitative estimate of drug-likeness (QED) is 0.561. The molecule has 0 saturated carbocycles. The maximum atomic E-state index is 3.78. The second-order valence-electron chi connectivity index (χ2n) is 3.37. The van der Waals surface area contributed by atoms with E-state index in [9.17, 15) is 0 Å². The van der Waals surface area contributed by atoms with Crippen molar-refractivity contribution in [3.63, 3.8) is 0 Å². The van der Waals surface area contributed by atoms with Gasteiger partial charge in [-0.1, -0.05) is 19.4 Å². The maximum absolute atomic E-state index is 3.78. The third-order valence-electron chi connectivity index (χ3n) is 2.48. The van der Waals surface area contributed by atoms with Gasteiger partial charge in [-0.15, -0.1) is 6.58 Å². The van der Waals surface area contributed by atoms with Gasteiger partial charge < -0.3 is 0 Å². The average molecular weight is 153 g/mol. The molecule has 0 aromatic carbocycles. The summed E-state index contributed by atoms with van der Waals surface area (Å²) in [6, 6.07) is 0.859. The van der Waals surface area contributed by atoms with E-state index in [4.69, 9.17) is 0 Å². The summed E-state index contributed by atoms with van der Waals surface area (Å²) in [4.78, 5) is 2.55. The highest BCUT2D eigenvalue weighted by Gasteiger charge is 2.21. The lowest BCUT2D eigenvalue weighted by atomic mass is 10.1. The summed E-state index contributed by atoms with van der Waals surface area (Å²) in [7, 11) is 0. The maximum Gasteiger partial charge on any atom is 0.0163 e. The predicted molar refractivity (Wildman–Crippen MR) is 49.7 cm³/mol. The molecular formula is C10H19N. The number of hydrogen-bond acceptors (Lipinski definition) is 1. The van der Waals surface area contributed by atoms with Crippen molar-refractivity contribution in [3.05, 3.63) is 12.7 Å². The zero-order valence-electron chi connectivity index (χ0n) is 7.55. The number of nitrogens with zero attached hydrogens (tertiary/aromatic N) is 1. The molecule has 11 heavy (non-hydrogen) atoms. The van der Waals surface area contributed by atoms with Gasteiger partial charge in [0.2, 0.25) is 0 Å². The molecule has 0 aromatic heterocycles. The van der Waals surface area contributed by atoms with Crippen LogP contribution in [-0.4, -0.2) is 24.0 Å². The Kier molecular flexibility index (Phi) is 3.64. The van der Waals surface area contributed by atoms with Gasteiger partial charge in [-0.3, -0.25) is 4.90 Å². The fourth-order valence-corrected chi connectivity index (χ4v) is 1.96. The first-order valence-corrected chi connectivity index (χ1v) is 4.73. The van der Waals surface area contributed by atoms with Gasteiger partial charge in [-0.05, 0) is 25.8 Å². The molecule has 0 N–H and O–H groups in total. The summed E-state index contributed by atoms with van der Waals surface area (Å²) in [5.74, 6) is 0. The molecule has 0 amide bonds. The van der Waals surface area contributed by atoms with Crippen LogP contribution < -0.4 is 0 Å². The van der Waals surface area contributed by atoms with Crippen molar-refractivity contribution in [3.8, 4) is 0 Å². The molecule has 1 heteroatoms. The standard InChI is InChI=1S/C10H19N/c1-3-6-10-7-5-9-11(10)8-4-2/h4,10H,2-3,5-9H2,1H3. The second kappa shape index (κ2) is 4.55. The molecule has 1 saturated heterocycles. The number of likely N-dealkylation sites (tertiary alicyclic amines) is 1. The number of hydrogen-bond donors (Lipinski definition) is 0. The Balaban J connectivity index is 2.31. The molecule has 1 rings (SSSR count). The molecule has 0 spiro atoms. The van der Waals surface area contributed by atoms with Crippen LogP contribution in [0.3, 0.4) is 0 Å². The van der Waals surface area contributed by atoms with Crippen LogP contribution in [-0.2, 0) is 0 Å². The van der Waals surface area contributed by atoms with Gasteiger partial charge in [-0.25, -0.2) is 0 Å². The molecule has 1 aliphatic rings. The van der Waals surface area contributed by atoms with Crippen molar-refractivity contribution in [2.24, 2.45) is 0 Å². The Morgan fingerprint density at radius 2 is 2.45 bits per heavy atom. The molecule has 1 atom stereocenters. The van der Waals surface area contributed by atoms with E-state index >= 15 is 0 Å². The topological polar surface area (TPSA) is 3.24 Å². The summed E-state index contributed by atoms with van der Waals surface area (Å²) in [5, 5.41) is 0. The minimum atomic E-state index is 0.859. The summed E-state index contributed by atoms with van der Waals surface area (Å²) in [6.07, 6.45) is 7.50. The third-order valence-corrected chi connectivity index (χ3v) is 2.48. The predicted octanol–water partition coefficient (Wildman–Crippen LogP) is 2.44. The highest BCUT2D eigenvalue weighted by molar-refractivity contribution is 4.83. The Bertz CT molecular complexity index is 120. The fraction of sp³-hybridized carbons (Fsp3) is 0.800. The lowest BCUT2D eigenvalue weighted by Gasteiger charge is -2.21. The SMILES string of the molecule is C=CCN1CCCC1CCC. The number of rotatable bonds is 4. The zero-order chi connectivity index (χ0) is 8.10. The molecule has 0 bridgehead atoms. The molecule has 64 valence electrons. The lowest BCUT2D eigenvalue weighted by molar-refractivity contribution is 0.267. The first-order valence-electron chi connectivity index (χ1n) is 4.73. The van der Waals surface area contributed by atoms with Gasteiger partial charge in [-0.2, -0.15) is 0 Å². The van der Waals surface area contributed by atoms with Crippen molar-refractivity contribution in [2.75, 3.05) is 13.1 Å². The molecule has 1 fully saturated rings. The van der Waals surface area contributed by atoms with Crippen LogP contribution in [0, 0.1) is 0 Å². The van der Waals surface area contributed by atoms with Crippen LogP contribution in [0.1, 0.15) is 32.6 Å². The zero-order valence-corrected chi connectivity index (χ0v) is 7.55. The van der Waals surface area contributed by atoms with Crippen LogP contribution in [0.2, 0.25) is 0 Å². The average Bonchev–Trinajstić information content (AvgIpc) is 2.39. The van der Waals surface area contributed by atoms with Gasteiger partial charge in [0.15, 0.2) is 0 Å². The molecule has 1 aliphatic heterocycles. The molecule has 0 aromatic rings. The molecule has 1 heterocycles. The van der Waals surface area contributed by atoms with Crippen LogP contribution in [0.25, 0.3) is 0 Å². The van der Waals surface area contributed by atoms with Gasteiger partial charge in [0.05, 0.1) is 0 Å². The first kappa shape index (κ1) is 8.79. The van der Waals surface area contributed by atoms with E-state index in [-0.39, 0.29) is 0 Å². The first-order chi connectivity index (χ1) is 5.38. The van der Waals surface area contributed by atoms with E-state index < -0.39 is 0 Å². The lowest BCUT2D eigenvalue weighted by Crippen LogP contribution is -2.29. The third kappa shape index (κ3) is 2.33. The van der Waals surface area contributed by atoms with E-state index in [1.54, 1.807) is 0 Å². The highest BCUT2D eigenvalue weighted by atomic mass is 15.2. The summed E-state index contributed by atoms with van der Waals surface area (Å²) < 4.78 is 0. The highest BCUT2D eigenvalue weighted by Crippen LogP contribution is 2.20. The molecular weight excluding hydrogens is 134 g/mol. The Morgan fingerprint density at radius 3 is 3.09 bits per heavy atom. The Labute approximate surface area is 70.1 Å². The minimum Gasteiger partial charge on any atom is -0.297 e. The molecule has 0 aliphatic carbocycles. The fourth-order valence-electron chi connectivity index (χ4n) is 1.96. The van der Waals surface area contributed by atoms with Crippen LogP contribution in [0.15, 0.2) is 12.7 Å². The van der Waals surface area contributed by atoms with Crippen LogP contribution in [0.5, 0.6) is 0 Å². The van der Waals surface area contributed by atoms with Crippen molar-refractivity contribution in [2.45, 2.75) is 38.6 Å².